The van der Waals surface area contributed by atoms with E-state index in [4.69, 9.17) is 4.74 Å². The van der Waals surface area contributed by atoms with Crippen LogP contribution in [0.2, 0.25) is 0 Å². The van der Waals surface area contributed by atoms with Crippen molar-refractivity contribution in [3.63, 3.8) is 0 Å². The van der Waals surface area contributed by atoms with Crippen LogP contribution < -0.4 is 4.74 Å². The third-order valence-corrected chi connectivity index (χ3v) is 5.58. The molecule has 1 aliphatic heterocycles. The maximum absolute atomic E-state index is 11.1. The van der Waals surface area contributed by atoms with E-state index in [0.29, 0.717) is 12.2 Å². The number of hydrogen-bond donors (Lipinski definition) is 2. The van der Waals surface area contributed by atoms with Gasteiger partial charge in [-0.25, -0.2) is 0 Å². The molecule has 2 N–H and O–H groups in total. The molecule has 3 atom stereocenters. The van der Waals surface area contributed by atoms with Gasteiger partial charge in [-0.2, -0.15) is 0 Å². The minimum Gasteiger partial charge on any atom is -0.508 e. The maximum Gasteiger partial charge on any atom is 0.123 e. The van der Waals surface area contributed by atoms with E-state index in [1.807, 2.05) is 42.5 Å². The molecule has 2 aromatic rings. The third-order valence-electron chi connectivity index (χ3n) is 5.58. The average Bonchev–Trinajstić information content (AvgIpc) is 2.92. The summed E-state index contributed by atoms with van der Waals surface area (Å²) in [7, 11) is 0. The first-order chi connectivity index (χ1) is 11.6. The van der Waals surface area contributed by atoms with Crippen molar-refractivity contribution in [2.24, 2.45) is 0 Å². The number of phenolic OH excluding ortho intramolecular Hbond substituents is 1. The Morgan fingerprint density at radius 3 is 2.75 bits per heavy atom. The standard InChI is InChI=1S/C21H24O3/c1-2-6-14-11-19-17(12-18(14)22)16-9-10-21(23,13-20(16)24-19)15-7-4-3-5-8-15/h3-5,7-8,11-12,16,20,22-23H,2,6,9-10,13H2,1H3/t16-,20+,21?/m0/s1. The summed E-state index contributed by atoms with van der Waals surface area (Å²) in [5.41, 5.74) is 2.21. The summed E-state index contributed by atoms with van der Waals surface area (Å²) in [4.78, 5) is 0. The van der Waals surface area contributed by atoms with Gasteiger partial charge >= 0.3 is 0 Å². The van der Waals surface area contributed by atoms with Crippen molar-refractivity contribution in [2.45, 2.75) is 56.7 Å². The Balaban J connectivity index is 1.62. The summed E-state index contributed by atoms with van der Waals surface area (Å²) >= 11 is 0. The summed E-state index contributed by atoms with van der Waals surface area (Å²) in [6.45, 7) is 2.10. The molecular formula is C21H24O3. The molecule has 0 bridgehead atoms. The Labute approximate surface area is 142 Å². The number of benzene rings is 2. The van der Waals surface area contributed by atoms with Gasteiger partial charge in [0.15, 0.2) is 0 Å². The lowest BCUT2D eigenvalue weighted by molar-refractivity contribution is -0.0429. The quantitative estimate of drug-likeness (QED) is 0.887. The molecule has 0 saturated heterocycles. The van der Waals surface area contributed by atoms with Crippen molar-refractivity contribution in [1.29, 1.82) is 0 Å². The van der Waals surface area contributed by atoms with Gasteiger partial charge in [0.1, 0.15) is 17.6 Å². The zero-order valence-corrected chi connectivity index (χ0v) is 14.0. The van der Waals surface area contributed by atoms with Crippen molar-refractivity contribution < 1.29 is 14.9 Å². The highest BCUT2D eigenvalue weighted by Crippen LogP contribution is 2.52. The van der Waals surface area contributed by atoms with Crippen molar-refractivity contribution >= 4 is 0 Å². The number of fused-ring (bicyclic) bond motifs is 3. The van der Waals surface area contributed by atoms with Gasteiger partial charge < -0.3 is 14.9 Å². The van der Waals surface area contributed by atoms with E-state index in [0.717, 1.165) is 48.1 Å². The number of ether oxygens (including phenoxy) is 1. The fourth-order valence-electron chi connectivity index (χ4n) is 4.30. The highest BCUT2D eigenvalue weighted by molar-refractivity contribution is 5.51. The van der Waals surface area contributed by atoms with Gasteiger partial charge in [0.2, 0.25) is 0 Å². The van der Waals surface area contributed by atoms with Gasteiger partial charge in [0.25, 0.3) is 0 Å². The first kappa shape index (κ1) is 15.5. The summed E-state index contributed by atoms with van der Waals surface area (Å²) < 4.78 is 6.20. The van der Waals surface area contributed by atoms with E-state index < -0.39 is 5.60 Å². The number of rotatable bonds is 3. The van der Waals surface area contributed by atoms with Crippen LogP contribution in [0.1, 0.15) is 55.2 Å². The topological polar surface area (TPSA) is 49.7 Å². The average molecular weight is 324 g/mol. The summed E-state index contributed by atoms with van der Waals surface area (Å²) in [5.74, 6) is 1.54. The molecule has 1 saturated carbocycles. The van der Waals surface area contributed by atoms with Gasteiger partial charge in [0.05, 0.1) is 5.60 Å². The Morgan fingerprint density at radius 2 is 2.00 bits per heavy atom. The fourth-order valence-corrected chi connectivity index (χ4v) is 4.30. The number of aliphatic hydroxyl groups is 1. The van der Waals surface area contributed by atoms with E-state index in [1.165, 1.54) is 0 Å². The first-order valence-electron chi connectivity index (χ1n) is 8.91. The number of aryl methyl sites for hydroxylation is 1. The van der Waals surface area contributed by atoms with Crippen LogP contribution in [-0.4, -0.2) is 16.3 Å². The van der Waals surface area contributed by atoms with Crippen molar-refractivity contribution in [2.75, 3.05) is 0 Å². The molecule has 126 valence electrons. The maximum atomic E-state index is 11.1. The van der Waals surface area contributed by atoms with Crippen LogP contribution in [0.4, 0.5) is 0 Å². The van der Waals surface area contributed by atoms with Gasteiger partial charge in [-0.15, -0.1) is 0 Å². The minimum absolute atomic E-state index is 0.0183. The van der Waals surface area contributed by atoms with E-state index in [-0.39, 0.29) is 12.0 Å². The largest absolute Gasteiger partial charge is 0.508 e. The second-order valence-corrected chi connectivity index (χ2v) is 7.17. The van der Waals surface area contributed by atoms with Crippen molar-refractivity contribution in [3.05, 3.63) is 59.2 Å². The second kappa shape index (κ2) is 5.82. The molecule has 0 radical (unpaired) electrons. The van der Waals surface area contributed by atoms with Crippen molar-refractivity contribution in [1.82, 2.24) is 0 Å². The molecule has 1 fully saturated rings. The third kappa shape index (κ3) is 2.48. The summed E-state index contributed by atoms with van der Waals surface area (Å²) in [6.07, 6.45) is 4.02. The van der Waals surface area contributed by atoms with Crippen LogP contribution in [0.3, 0.4) is 0 Å². The van der Waals surface area contributed by atoms with Crippen LogP contribution >= 0.6 is 0 Å². The predicted molar refractivity (Wildman–Crippen MR) is 93.4 cm³/mol. The zero-order chi connectivity index (χ0) is 16.7. The van der Waals surface area contributed by atoms with E-state index in [2.05, 4.69) is 6.92 Å². The predicted octanol–water partition coefficient (Wildman–Crippen LogP) is 4.26. The molecule has 24 heavy (non-hydrogen) atoms. The Morgan fingerprint density at radius 1 is 1.21 bits per heavy atom. The lowest BCUT2D eigenvalue weighted by atomic mass is 9.72. The molecule has 3 nitrogen and oxygen atoms in total. The normalized spacial score (nSPS) is 28.1. The molecule has 2 aliphatic rings. The van der Waals surface area contributed by atoms with Gasteiger partial charge in [-0.3, -0.25) is 0 Å². The zero-order valence-electron chi connectivity index (χ0n) is 14.0. The molecule has 1 heterocycles. The number of phenols is 1. The van der Waals surface area contributed by atoms with E-state index in [1.54, 1.807) is 0 Å². The van der Waals surface area contributed by atoms with Crippen LogP contribution in [-0.2, 0) is 12.0 Å². The Bertz CT molecular complexity index is 740. The van der Waals surface area contributed by atoms with Gasteiger partial charge in [0, 0.05) is 17.9 Å². The van der Waals surface area contributed by atoms with Crippen LogP contribution in [0.15, 0.2) is 42.5 Å². The molecule has 0 amide bonds. The fraction of sp³-hybridized carbons (Fsp3) is 0.429. The highest BCUT2D eigenvalue weighted by Gasteiger charge is 2.46. The molecular weight excluding hydrogens is 300 g/mol. The summed E-state index contributed by atoms with van der Waals surface area (Å²) in [5, 5.41) is 21.4. The molecule has 4 rings (SSSR count). The molecule has 0 aromatic heterocycles. The minimum atomic E-state index is -0.821. The Kier molecular flexibility index (Phi) is 3.76. The van der Waals surface area contributed by atoms with E-state index >= 15 is 0 Å². The molecule has 3 heteroatoms. The number of hydrogen-bond acceptors (Lipinski definition) is 3. The van der Waals surface area contributed by atoms with Crippen LogP contribution in [0.5, 0.6) is 11.5 Å². The first-order valence-corrected chi connectivity index (χ1v) is 8.91. The highest BCUT2D eigenvalue weighted by atomic mass is 16.5. The van der Waals surface area contributed by atoms with E-state index in [9.17, 15) is 10.2 Å². The SMILES string of the molecule is CCCc1cc2c(cc1O)[C@@H]1CCC(O)(c3ccccc3)C[C@H]1O2. The summed E-state index contributed by atoms with van der Waals surface area (Å²) in [6, 6.07) is 13.8. The van der Waals surface area contributed by atoms with Gasteiger partial charge in [-0.1, -0.05) is 43.7 Å². The van der Waals surface area contributed by atoms with Crippen molar-refractivity contribution in [3.8, 4) is 11.5 Å². The lowest BCUT2D eigenvalue weighted by Gasteiger charge is -2.38. The van der Waals surface area contributed by atoms with Crippen LogP contribution in [0.25, 0.3) is 0 Å². The second-order valence-electron chi connectivity index (χ2n) is 7.17. The number of aromatic hydroxyl groups is 1. The Hall–Kier alpha value is -2.00. The smallest absolute Gasteiger partial charge is 0.123 e. The molecule has 0 spiro atoms. The monoisotopic (exact) mass is 324 g/mol. The molecule has 1 unspecified atom stereocenters. The molecule has 2 aromatic carbocycles. The van der Waals surface area contributed by atoms with Gasteiger partial charge in [-0.05, 0) is 42.5 Å². The van der Waals surface area contributed by atoms with Crippen LogP contribution in [0, 0.1) is 0 Å². The lowest BCUT2D eigenvalue weighted by Crippen LogP contribution is -2.39. The molecule has 1 aliphatic carbocycles.